The standard InChI is InChI=1S/C18H19NO3/c20-12-16(14-7-3-1-4-8-14)19-11-17(22-13-18(19)21)15-9-5-2-6-10-15/h1-10,16-17,20H,11-13H2/t16-,17+/m0/s1. The van der Waals surface area contributed by atoms with E-state index < -0.39 is 0 Å². The summed E-state index contributed by atoms with van der Waals surface area (Å²) in [5.41, 5.74) is 1.98. The molecule has 114 valence electrons. The molecular formula is C18H19NO3. The molecule has 1 aliphatic rings. The first-order valence-corrected chi connectivity index (χ1v) is 7.41. The minimum atomic E-state index is -0.330. The highest BCUT2D eigenvalue weighted by Gasteiger charge is 2.32. The van der Waals surface area contributed by atoms with Crippen LogP contribution in [0.5, 0.6) is 0 Å². The molecule has 2 aromatic carbocycles. The molecule has 0 bridgehead atoms. The molecule has 4 nitrogen and oxygen atoms in total. The van der Waals surface area contributed by atoms with Crippen LogP contribution >= 0.6 is 0 Å². The predicted molar refractivity (Wildman–Crippen MR) is 83.1 cm³/mol. The molecule has 0 spiro atoms. The molecule has 0 aromatic heterocycles. The summed E-state index contributed by atoms with van der Waals surface area (Å²) in [5.74, 6) is -0.0879. The lowest BCUT2D eigenvalue weighted by Crippen LogP contribution is -2.46. The first-order chi connectivity index (χ1) is 10.8. The maximum absolute atomic E-state index is 12.2. The second-order valence-corrected chi connectivity index (χ2v) is 5.37. The van der Waals surface area contributed by atoms with E-state index in [0.717, 1.165) is 11.1 Å². The van der Waals surface area contributed by atoms with Gasteiger partial charge in [0, 0.05) is 0 Å². The largest absolute Gasteiger partial charge is 0.394 e. The molecule has 2 atom stereocenters. The minimum Gasteiger partial charge on any atom is -0.394 e. The Bertz CT molecular complexity index is 615. The second-order valence-electron chi connectivity index (χ2n) is 5.37. The zero-order chi connectivity index (χ0) is 15.4. The number of rotatable bonds is 4. The number of benzene rings is 2. The SMILES string of the molecule is O=C1CO[C@@H](c2ccccc2)CN1[C@@H](CO)c1ccccc1. The fourth-order valence-corrected chi connectivity index (χ4v) is 2.82. The van der Waals surface area contributed by atoms with Gasteiger partial charge in [0.05, 0.1) is 19.2 Å². The van der Waals surface area contributed by atoms with Crippen LogP contribution in [0.25, 0.3) is 0 Å². The predicted octanol–water partition coefficient (Wildman–Crippen LogP) is 2.32. The Morgan fingerprint density at radius 3 is 2.36 bits per heavy atom. The third-order valence-electron chi connectivity index (χ3n) is 4.00. The van der Waals surface area contributed by atoms with E-state index >= 15 is 0 Å². The van der Waals surface area contributed by atoms with Crippen molar-refractivity contribution in [2.45, 2.75) is 12.1 Å². The Morgan fingerprint density at radius 2 is 1.73 bits per heavy atom. The number of aliphatic hydroxyl groups excluding tert-OH is 1. The number of hydrogen-bond donors (Lipinski definition) is 1. The molecule has 1 aliphatic heterocycles. The summed E-state index contributed by atoms with van der Waals surface area (Å²) in [7, 11) is 0. The summed E-state index contributed by atoms with van der Waals surface area (Å²) in [4.78, 5) is 14.0. The van der Waals surface area contributed by atoms with E-state index in [-0.39, 0.29) is 31.3 Å². The Morgan fingerprint density at radius 1 is 1.09 bits per heavy atom. The summed E-state index contributed by atoms with van der Waals surface area (Å²) < 4.78 is 5.66. The van der Waals surface area contributed by atoms with E-state index in [0.29, 0.717) is 6.54 Å². The lowest BCUT2D eigenvalue weighted by molar-refractivity contribution is -0.154. The number of carbonyl (C=O) groups excluding carboxylic acids is 1. The van der Waals surface area contributed by atoms with Crippen LogP contribution in [0.3, 0.4) is 0 Å². The van der Waals surface area contributed by atoms with Crippen LogP contribution in [-0.2, 0) is 9.53 Å². The van der Waals surface area contributed by atoms with Gasteiger partial charge in [0.2, 0.25) is 5.91 Å². The van der Waals surface area contributed by atoms with Crippen LogP contribution in [0.1, 0.15) is 23.3 Å². The Balaban J connectivity index is 1.83. The molecule has 2 aromatic rings. The lowest BCUT2D eigenvalue weighted by Gasteiger charge is -2.38. The van der Waals surface area contributed by atoms with Crippen molar-refractivity contribution < 1.29 is 14.6 Å². The van der Waals surface area contributed by atoms with Gasteiger partial charge in [-0.1, -0.05) is 60.7 Å². The van der Waals surface area contributed by atoms with Crippen LogP contribution in [0.4, 0.5) is 0 Å². The fourth-order valence-electron chi connectivity index (χ4n) is 2.82. The van der Waals surface area contributed by atoms with E-state index in [1.807, 2.05) is 60.7 Å². The molecule has 1 heterocycles. The molecule has 0 saturated carbocycles. The lowest BCUT2D eigenvalue weighted by atomic mass is 10.0. The van der Waals surface area contributed by atoms with Crippen molar-refractivity contribution in [3.05, 3.63) is 71.8 Å². The van der Waals surface area contributed by atoms with Gasteiger partial charge in [-0.3, -0.25) is 4.79 Å². The number of morpholine rings is 1. The number of carbonyl (C=O) groups is 1. The molecule has 4 heteroatoms. The second kappa shape index (κ2) is 6.73. The summed E-state index contributed by atoms with van der Waals surface area (Å²) >= 11 is 0. The summed E-state index contributed by atoms with van der Waals surface area (Å²) in [6.07, 6.45) is -0.156. The average molecular weight is 297 g/mol. The average Bonchev–Trinajstić information content (AvgIpc) is 2.59. The van der Waals surface area contributed by atoms with Gasteiger partial charge in [-0.15, -0.1) is 0 Å². The van der Waals surface area contributed by atoms with Crippen molar-refractivity contribution in [3.8, 4) is 0 Å². The molecule has 1 saturated heterocycles. The Labute approximate surface area is 130 Å². The number of hydrogen-bond acceptors (Lipinski definition) is 3. The zero-order valence-electron chi connectivity index (χ0n) is 12.3. The molecular weight excluding hydrogens is 278 g/mol. The van der Waals surface area contributed by atoms with Gasteiger partial charge in [-0.2, -0.15) is 0 Å². The number of amides is 1. The van der Waals surface area contributed by atoms with Crippen molar-refractivity contribution in [3.63, 3.8) is 0 Å². The molecule has 1 N–H and O–H groups in total. The smallest absolute Gasteiger partial charge is 0.249 e. The Kier molecular flexibility index (Phi) is 4.51. The van der Waals surface area contributed by atoms with Gasteiger partial charge in [-0.05, 0) is 11.1 Å². The van der Waals surface area contributed by atoms with Crippen molar-refractivity contribution >= 4 is 5.91 Å². The van der Waals surface area contributed by atoms with E-state index in [2.05, 4.69) is 0 Å². The minimum absolute atomic E-state index is 0.0445. The quantitative estimate of drug-likeness (QED) is 0.942. The van der Waals surface area contributed by atoms with Crippen LogP contribution in [0.2, 0.25) is 0 Å². The Hall–Kier alpha value is -2.17. The highest BCUT2D eigenvalue weighted by Crippen LogP contribution is 2.29. The molecule has 0 radical (unpaired) electrons. The molecule has 0 aliphatic carbocycles. The van der Waals surface area contributed by atoms with Crippen molar-refractivity contribution in [1.29, 1.82) is 0 Å². The van der Waals surface area contributed by atoms with Gasteiger partial charge in [0.1, 0.15) is 12.7 Å². The summed E-state index contributed by atoms with van der Waals surface area (Å²) in [6.45, 7) is 0.392. The van der Waals surface area contributed by atoms with E-state index in [1.54, 1.807) is 4.90 Å². The number of ether oxygens (including phenoxy) is 1. The highest BCUT2D eigenvalue weighted by molar-refractivity contribution is 5.78. The maximum atomic E-state index is 12.2. The van der Waals surface area contributed by atoms with Crippen molar-refractivity contribution in [2.75, 3.05) is 19.8 Å². The number of nitrogens with zero attached hydrogens (tertiary/aromatic N) is 1. The van der Waals surface area contributed by atoms with Gasteiger partial charge >= 0.3 is 0 Å². The van der Waals surface area contributed by atoms with Crippen LogP contribution in [-0.4, -0.2) is 35.7 Å². The molecule has 1 amide bonds. The van der Waals surface area contributed by atoms with Gasteiger partial charge in [0.25, 0.3) is 0 Å². The zero-order valence-corrected chi connectivity index (χ0v) is 12.3. The van der Waals surface area contributed by atoms with Crippen LogP contribution in [0, 0.1) is 0 Å². The van der Waals surface area contributed by atoms with Crippen molar-refractivity contribution in [2.24, 2.45) is 0 Å². The molecule has 1 fully saturated rings. The van der Waals surface area contributed by atoms with Crippen LogP contribution < -0.4 is 0 Å². The monoisotopic (exact) mass is 297 g/mol. The highest BCUT2D eigenvalue weighted by atomic mass is 16.5. The van der Waals surface area contributed by atoms with E-state index in [1.165, 1.54) is 0 Å². The molecule has 0 unspecified atom stereocenters. The van der Waals surface area contributed by atoms with Gasteiger partial charge < -0.3 is 14.7 Å². The summed E-state index contributed by atoms with van der Waals surface area (Å²) in [6, 6.07) is 19.1. The molecule has 22 heavy (non-hydrogen) atoms. The van der Waals surface area contributed by atoms with Crippen molar-refractivity contribution in [1.82, 2.24) is 4.90 Å². The maximum Gasteiger partial charge on any atom is 0.249 e. The van der Waals surface area contributed by atoms with Gasteiger partial charge in [-0.25, -0.2) is 0 Å². The molecule has 3 rings (SSSR count). The first kappa shape index (κ1) is 14.8. The van der Waals surface area contributed by atoms with Crippen LogP contribution in [0.15, 0.2) is 60.7 Å². The van der Waals surface area contributed by atoms with Gasteiger partial charge in [0.15, 0.2) is 0 Å². The normalized spacial score (nSPS) is 20.0. The topological polar surface area (TPSA) is 49.8 Å². The fraction of sp³-hybridized carbons (Fsp3) is 0.278. The number of aliphatic hydroxyl groups is 1. The first-order valence-electron chi connectivity index (χ1n) is 7.41. The summed E-state index contributed by atoms with van der Waals surface area (Å²) in [5, 5.41) is 9.77. The third-order valence-corrected chi connectivity index (χ3v) is 4.00. The third kappa shape index (κ3) is 3.03. The van der Waals surface area contributed by atoms with E-state index in [9.17, 15) is 9.90 Å². The van der Waals surface area contributed by atoms with E-state index in [4.69, 9.17) is 4.74 Å².